The van der Waals surface area contributed by atoms with E-state index in [4.69, 9.17) is 0 Å². The third kappa shape index (κ3) is 4.14. The van der Waals surface area contributed by atoms with Crippen LogP contribution in [0.15, 0.2) is 29.6 Å². The Labute approximate surface area is 138 Å². The number of nitrogens with zero attached hydrogens (tertiary/aromatic N) is 2. The van der Waals surface area contributed by atoms with Crippen molar-refractivity contribution in [1.29, 1.82) is 0 Å². The first-order valence-electron chi connectivity index (χ1n) is 7.65. The van der Waals surface area contributed by atoms with Gasteiger partial charge in [0.1, 0.15) is 10.8 Å². The summed E-state index contributed by atoms with van der Waals surface area (Å²) in [4.78, 5) is 18.2. The molecule has 6 heteroatoms. The number of likely N-dealkylation sites (N-methyl/N-ethyl adjacent to an activating group) is 1. The van der Waals surface area contributed by atoms with E-state index < -0.39 is 6.10 Å². The number of amides is 1. The monoisotopic (exact) mass is 334 g/mol. The first-order valence-corrected chi connectivity index (χ1v) is 8.53. The zero-order valence-corrected chi connectivity index (χ0v) is 13.7. The van der Waals surface area contributed by atoms with Gasteiger partial charge in [-0.1, -0.05) is 12.1 Å². The summed E-state index contributed by atoms with van der Waals surface area (Å²) in [5.41, 5.74) is 1.39. The first-order chi connectivity index (χ1) is 11.0. The van der Waals surface area contributed by atoms with Crippen molar-refractivity contribution in [3.63, 3.8) is 0 Å². The molecule has 1 N–H and O–H groups in total. The summed E-state index contributed by atoms with van der Waals surface area (Å²) in [5.74, 6) is -0.0194. The van der Waals surface area contributed by atoms with E-state index in [2.05, 4.69) is 4.98 Å². The molecule has 1 fully saturated rings. The third-order valence-electron chi connectivity index (χ3n) is 4.01. The Morgan fingerprint density at radius 2 is 2.30 bits per heavy atom. The summed E-state index contributed by atoms with van der Waals surface area (Å²) < 4.78 is 13.3. The molecule has 0 aliphatic heterocycles. The van der Waals surface area contributed by atoms with E-state index in [-0.39, 0.29) is 18.1 Å². The molecule has 1 aliphatic rings. The van der Waals surface area contributed by atoms with Crippen molar-refractivity contribution in [2.45, 2.75) is 25.4 Å². The normalized spacial score (nSPS) is 15.4. The maximum atomic E-state index is 13.3. The van der Waals surface area contributed by atoms with Gasteiger partial charge in [-0.25, -0.2) is 9.37 Å². The van der Waals surface area contributed by atoms with Crippen LogP contribution in [-0.4, -0.2) is 40.6 Å². The van der Waals surface area contributed by atoms with Crippen LogP contribution in [0.4, 0.5) is 4.39 Å². The Balaban J connectivity index is 1.60. The number of halogens is 1. The van der Waals surface area contributed by atoms with E-state index in [9.17, 15) is 14.3 Å². The number of rotatable bonds is 6. The Morgan fingerprint density at radius 3 is 3.00 bits per heavy atom. The van der Waals surface area contributed by atoms with E-state index in [0.717, 1.165) is 12.8 Å². The SMILES string of the molecule is CN(CC(O)C1CC1)C(=O)Cc1csc(-c2cccc(F)c2)n1. The molecule has 1 heterocycles. The van der Waals surface area contributed by atoms with Crippen LogP contribution in [0.3, 0.4) is 0 Å². The van der Waals surface area contributed by atoms with Gasteiger partial charge in [-0.15, -0.1) is 11.3 Å². The predicted octanol–water partition coefficient (Wildman–Crippen LogP) is 2.72. The highest BCUT2D eigenvalue weighted by molar-refractivity contribution is 7.13. The fourth-order valence-electron chi connectivity index (χ4n) is 2.44. The van der Waals surface area contributed by atoms with E-state index in [0.29, 0.717) is 28.7 Å². The van der Waals surface area contributed by atoms with Crippen molar-refractivity contribution in [1.82, 2.24) is 9.88 Å². The average molecular weight is 334 g/mol. The molecule has 4 nitrogen and oxygen atoms in total. The van der Waals surface area contributed by atoms with E-state index >= 15 is 0 Å². The van der Waals surface area contributed by atoms with Crippen LogP contribution in [0.5, 0.6) is 0 Å². The number of aromatic nitrogens is 1. The maximum Gasteiger partial charge on any atom is 0.228 e. The van der Waals surface area contributed by atoms with Crippen LogP contribution in [0.1, 0.15) is 18.5 Å². The second-order valence-corrected chi connectivity index (χ2v) is 6.87. The van der Waals surface area contributed by atoms with Crippen LogP contribution in [-0.2, 0) is 11.2 Å². The summed E-state index contributed by atoms with van der Waals surface area (Å²) >= 11 is 1.40. The smallest absolute Gasteiger partial charge is 0.228 e. The summed E-state index contributed by atoms with van der Waals surface area (Å²) in [7, 11) is 1.70. The van der Waals surface area contributed by atoms with E-state index in [1.165, 1.54) is 23.5 Å². The van der Waals surface area contributed by atoms with Gasteiger partial charge in [-0.05, 0) is 30.9 Å². The highest BCUT2D eigenvalue weighted by Crippen LogP contribution is 2.32. The van der Waals surface area contributed by atoms with Crippen molar-refractivity contribution in [3.8, 4) is 10.6 Å². The Kier molecular flexibility index (Phi) is 4.73. The number of hydrogen-bond acceptors (Lipinski definition) is 4. The van der Waals surface area contributed by atoms with Gasteiger partial charge in [-0.3, -0.25) is 4.79 Å². The maximum absolute atomic E-state index is 13.3. The van der Waals surface area contributed by atoms with Crippen molar-refractivity contribution >= 4 is 17.2 Å². The van der Waals surface area contributed by atoms with Gasteiger partial charge < -0.3 is 10.0 Å². The lowest BCUT2D eigenvalue weighted by Crippen LogP contribution is -2.36. The molecular formula is C17H19FN2O2S. The highest BCUT2D eigenvalue weighted by Gasteiger charge is 2.31. The molecule has 122 valence electrons. The Bertz CT molecular complexity index is 699. The summed E-state index contributed by atoms with van der Waals surface area (Å²) in [6.45, 7) is 0.365. The zero-order valence-electron chi connectivity index (χ0n) is 12.9. The Morgan fingerprint density at radius 1 is 1.52 bits per heavy atom. The standard InChI is InChI=1S/C17H19FN2O2S/c1-20(9-15(21)11-5-6-11)16(22)8-14-10-23-17(19-14)12-3-2-4-13(18)7-12/h2-4,7,10-11,15,21H,5-6,8-9H2,1H3. The number of thiazole rings is 1. The minimum atomic E-state index is -0.428. The van der Waals surface area contributed by atoms with Crippen LogP contribution in [0, 0.1) is 11.7 Å². The zero-order chi connectivity index (χ0) is 16.4. The third-order valence-corrected chi connectivity index (χ3v) is 4.95. The fraction of sp³-hybridized carbons (Fsp3) is 0.412. The summed E-state index contributed by atoms with van der Waals surface area (Å²) in [5, 5.41) is 12.4. The number of hydrogen-bond donors (Lipinski definition) is 1. The topological polar surface area (TPSA) is 53.4 Å². The van der Waals surface area contributed by atoms with Gasteiger partial charge in [0.15, 0.2) is 0 Å². The van der Waals surface area contributed by atoms with Crippen LogP contribution in [0.2, 0.25) is 0 Å². The van der Waals surface area contributed by atoms with Crippen LogP contribution >= 0.6 is 11.3 Å². The number of carbonyl (C=O) groups is 1. The van der Waals surface area contributed by atoms with Crippen molar-refractivity contribution < 1.29 is 14.3 Å². The highest BCUT2D eigenvalue weighted by atomic mass is 32.1. The van der Waals surface area contributed by atoms with Crippen molar-refractivity contribution in [3.05, 3.63) is 41.2 Å². The lowest BCUT2D eigenvalue weighted by Gasteiger charge is -2.20. The molecule has 1 aromatic heterocycles. The lowest BCUT2D eigenvalue weighted by molar-refractivity contribution is -0.130. The fourth-order valence-corrected chi connectivity index (χ4v) is 3.26. The Hall–Kier alpha value is -1.79. The number of benzene rings is 1. The average Bonchev–Trinajstić information content (AvgIpc) is 3.27. The molecule has 0 radical (unpaired) electrons. The number of aliphatic hydroxyl groups is 1. The van der Waals surface area contributed by atoms with Gasteiger partial charge >= 0.3 is 0 Å². The van der Waals surface area contributed by atoms with Crippen LogP contribution in [0.25, 0.3) is 10.6 Å². The van der Waals surface area contributed by atoms with Crippen LogP contribution < -0.4 is 0 Å². The van der Waals surface area contributed by atoms with Crippen molar-refractivity contribution in [2.24, 2.45) is 5.92 Å². The minimum Gasteiger partial charge on any atom is -0.391 e. The van der Waals surface area contributed by atoms with Gasteiger partial charge in [0.05, 0.1) is 18.2 Å². The van der Waals surface area contributed by atoms with Gasteiger partial charge in [0.25, 0.3) is 0 Å². The molecule has 1 saturated carbocycles. The molecule has 1 amide bonds. The first kappa shape index (κ1) is 16.1. The molecular weight excluding hydrogens is 315 g/mol. The van der Waals surface area contributed by atoms with E-state index in [1.807, 2.05) is 5.38 Å². The molecule has 0 bridgehead atoms. The quantitative estimate of drug-likeness (QED) is 0.884. The van der Waals surface area contributed by atoms with Gasteiger partial charge in [0.2, 0.25) is 5.91 Å². The lowest BCUT2D eigenvalue weighted by atomic mass is 10.2. The molecule has 23 heavy (non-hydrogen) atoms. The molecule has 1 unspecified atom stereocenters. The molecule has 3 rings (SSSR count). The molecule has 0 spiro atoms. The second kappa shape index (κ2) is 6.76. The molecule has 1 aromatic carbocycles. The summed E-state index contributed by atoms with van der Waals surface area (Å²) in [6, 6.07) is 6.26. The van der Waals surface area contributed by atoms with Crippen molar-refractivity contribution in [2.75, 3.05) is 13.6 Å². The second-order valence-electron chi connectivity index (χ2n) is 6.01. The largest absolute Gasteiger partial charge is 0.391 e. The minimum absolute atomic E-state index is 0.0687. The molecule has 1 aliphatic carbocycles. The van der Waals surface area contributed by atoms with Gasteiger partial charge in [0, 0.05) is 24.5 Å². The molecule has 0 saturated heterocycles. The van der Waals surface area contributed by atoms with E-state index in [1.54, 1.807) is 24.1 Å². The molecule has 1 atom stereocenters. The summed E-state index contributed by atoms with van der Waals surface area (Å²) in [6.07, 6.45) is 1.86. The van der Waals surface area contributed by atoms with Gasteiger partial charge in [-0.2, -0.15) is 0 Å². The number of carbonyl (C=O) groups excluding carboxylic acids is 1. The molecule has 2 aromatic rings. The predicted molar refractivity (Wildman–Crippen MR) is 87.6 cm³/mol. The number of aliphatic hydroxyl groups excluding tert-OH is 1.